The first-order valence-electron chi connectivity index (χ1n) is 42.7. The van der Waals surface area contributed by atoms with Gasteiger partial charge in [0, 0.05) is 49.3 Å². The molecule has 42 nitrogen and oxygen atoms in total. The number of carbonyl (C=O) groups is 18. The number of unbranched alkanes of at least 4 members (excludes halogenated alkanes) is 1. The normalized spacial score (nSPS) is 17.1. The molecule has 25 N–H and O–H groups in total. The zero-order valence-corrected chi connectivity index (χ0v) is 72.7. The minimum absolute atomic E-state index is 0.0167. The third-order valence-electron chi connectivity index (χ3n) is 21.1. The number of aliphatic carboxylic acids is 3. The van der Waals surface area contributed by atoms with Crippen LogP contribution in [0.5, 0.6) is 0 Å². The fraction of sp³-hybridized carbons (Fsp3) is 0.619. The number of nitrogens with zero attached hydrogens (tertiary/aromatic N) is 1. The summed E-state index contributed by atoms with van der Waals surface area (Å²) >= 11 is 0. The molecule has 2 fully saturated rings. The number of hydrogen-bond acceptors (Lipinski definition) is 23. The lowest BCUT2D eigenvalue weighted by molar-refractivity contribution is -0.143. The van der Waals surface area contributed by atoms with Gasteiger partial charge in [-0.15, -0.1) is 0 Å². The van der Waals surface area contributed by atoms with E-state index in [4.69, 9.17) is 11.5 Å². The molecule has 0 bridgehead atoms. The highest BCUT2D eigenvalue weighted by Gasteiger charge is 2.43. The molecule has 0 radical (unpaired) electrons. The van der Waals surface area contributed by atoms with Crippen molar-refractivity contribution in [2.45, 2.75) is 275 Å². The predicted octanol–water partition coefficient (Wildman–Crippen LogP) is -3.63. The van der Waals surface area contributed by atoms with Gasteiger partial charge in [0.1, 0.15) is 84.6 Å². The number of aliphatic hydroxyl groups excluding tert-OH is 3. The fourth-order valence-electron chi connectivity index (χ4n) is 14.5. The van der Waals surface area contributed by atoms with Crippen molar-refractivity contribution >= 4 is 117 Å². The average molecular weight is 1770 g/mol. The Labute approximate surface area is 730 Å². The van der Waals surface area contributed by atoms with Gasteiger partial charge in [0.05, 0.1) is 31.8 Å². The van der Waals surface area contributed by atoms with Gasteiger partial charge in [0.2, 0.25) is 88.6 Å². The van der Waals surface area contributed by atoms with Gasteiger partial charge in [-0.05, 0) is 144 Å². The number of nitrogens with one attached hydrogen (secondary N) is 15. The van der Waals surface area contributed by atoms with Gasteiger partial charge in [-0.3, -0.25) is 81.5 Å². The van der Waals surface area contributed by atoms with E-state index in [-0.39, 0.29) is 75.2 Å². The molecule has 42 heteroatoms. The number of aromatic amines is 1. The number of amides is 15. The number of aromatic nitrogens is 1. The first kappa shape index (κ1) is 105. The summed E-state index contributed by atoms with van der Waals surface area (Å²) in [6, 6.07) is -8.91. The number of nitrogens with two attached hydrogens (primary N) is 2. The fourth-order valence-corrected chi connectivity index (χ4v) is 14.5. The Morgan fingerprint density at radius 3 is 1.35 bits per heavy atom. The van der Waals surface area contributed by atoms with Crippen LogP contribution in [-0.4, -0.2) is 277 Å². The number of benzene rings is 2. The van der Waals surface area contributed by atoms with Crippen LogP contribution in [0.2, 0.25) is 0 Å². The number of carboxylic acids is 3. The maximum absolute atomic E-state index is 14.9. The number of likely N-dealkylation sites (tertiary alicyclic amines) is 1. The molecule has 698 valence electrons. The molecule has 2 saturated heterocycles. The summed E-state index contributed by atoms with van der Waals surface area (Å²) < 4.78 is 0. The highest BCUT2D eigenvalue weighted by atomic mass is 16.4. The molecule has 3 aromatic rings. The quantitative estimate of drug-likeness (QED) is 0.0243. The van der Waals surface area contributed by atoms with E-state index in [1.807, 2.05) is 0 Å². The van der Waals surface area contributed by atoms with Crippen molar-refractivity contribution in [1.29, 1.82) is 0 Å². The lowest BCUT2D eigenvalue weighted by Crippen LogP contribution is -2.63. The lowest BCUT2D eigenvalue weighted by atomic mass is 9.99. The highest BCUT2D eigenvalue weighted by molar-refractivity contribution is 6.02. The number of carboxylic acid groups (broad SMARTS) is 3. The van der Waals surface area contributed by atoms with Crippen LogP contribution in [0, 0.1) is 23.7 Å². The number of aliphatic hydroxyl groups is 3. The zero-order valence-electron chi connectivity index (χ0n) is 72.7. The Bertz CT molecular complexity index is 4230. The van der Waals surface area contributed by atoms with Gasteiger partial charge in [-0.2, -0.15) is 0 Å². The van der Waals surface area contributed by atoms with E-state index in [0.29, 0.717) is 60.8 Å². The predicted molar refractivity (Wildman–Crippen MR) is 455 cm³/mol. The summed E-state index contributed by atoms with van der Waals surface area (Å²) in [6.07, 6.45) is -2.26. The summed E-state index contributed by atoms with van der Waals surface area (Å²) in [5.74, 6) is -21.0. The minimum atomic E-state index is -2.10. The first-order valence-corrected chi connectivity index (χ1v) is 42.7. The lowest BCUT2D eigenvalue weighted by Gasteiger charge is -2.29. The average Bonchev–Trinajstić information content (AvgIpc) is 1.67. The van der Waals surface area contributed by atoms with Gasteiger partial charge in [0.25, 0.3) is 0 Å². The topological polar surface area (TPSA) is 668 Å². The Morgan fingerprint density at radius 2 is 0.865 bits per heavy atom. The van der Waals surface area contributed by atoms with E-state index in [1.54, 1.807) is 104 Å². The molecule has 3 heterocycles. The standard InChI is InChI=1S/C84H128N18O24/c1-43(2)33-56(73(114)94-60(38-49-40-88-51-22-14-13-21-50(49)51)77(118)89-52(23-15-16-30-85)70(111)92-57(34-44(3)4)74(115)98-62(84(125)126)36-46(7)8)93-78(119)61(39-68(109)110)95-80(121)64(42-104)100-76(117)59(37-48-19-11-10-12-20-48)97-82(123)69(47(9)105)101-72(113)54(27-29-67(107)108)90-71(112)53(26-28-66(86)106)91-79(120)63(41-103)99-75(116)58(35-45(5)6)96-81(122)65-25-18-32-102(65)83(124)55-24-17-31-87-55/h10-14,19-22,40,43-47,52-65,69,87-88,103-105H,15-18,23-39,41-42,85H2,1-9H3,(H2,86,106)(H,89,118)(H,90,112)(H,91,120)(H,92,111)(H,93,119)(H,94,114)(H,95,121)(H,96,122)(H,97,123)(H,98,115)(H,99,116)(H,100,117)(H,101,113)(H,107,108)(H,109,110)(H,125,126)/t47-,52+,53+,54+,55+,56+,57+,58+,59+,60+,61+,62+,63+,64+,65+,69+/m1/s1. The van der Waals surface area contributed by atoms with E-state index < -0.39 is 255 Å². The van der Waals surface area contributed by atoms with Crippen LogP contribution in [0.15, 0.2) is 60.8 Å². The second-order valence-electron chi connectivity index (χ2n) is 33.6. The van der Waals surface area contributed by atoms with Crippen molar-refractivity contribution in [3.05, 3.63) is 71.9 Å². The van der Waals surface area contributed by atoms with E-state index in [0.717, 1.165) is 13.3 Å². The Hall–Kier alpha value is -11.8. The maximum atomic E-state index is 14.9. The van der Waals surface area contributed by atoms with Crippen LogP contribution in [0.25, 0.3) is 10.9 Å². The molecule has 16 atom stereocenters. The molecular formula is C84H128N18O24. The zero-order chi connectivity index (χ0) is 93.8. The molecule has 5 rings (SSSR count). The minimum Gasteiger partial charge on any atom is -0.481 e. The number of carbonyl (C=O) groups excluding carboxylic acids is 15. The van der Waals surface area contributed by atoms with Crippen LogP contribution in [0.1, 0.15) is 176 Å². The Kier molecular flexibility index (Phi) is 43.4. The third kappa shape index (κ3) is 34.6. The van der Waals surface area contributed by atoms with Gasteiger partial charge in [-0.25, -0.2) is 4.79 Å². The Morgan fingerprint density at radius 1 is 0.444 bits per heavy atom. The summed E-state index contributed by atoms with van der Waals surface area (Å²) in [7, 11) is 0. The van der Waals surface area contributed by atoms with E-state index >= 15 is 0 Å². The number of fused-ring (bicyclic) bond motifs is 1. The van der Waals surface area contributed by atoms with Gasteiger partial charge < -0.3 is 126 Å². The summed E-state index contributed by atoms with van der Waals surface area (Å²) in [5, 5.41) is 97.8. The van der Waals surface area contributed by atoms with E-state index in [1.165, 1.54) is 17.0 Å². The first-order chi connectivity index (χ1) is 59.5. The highest BCUT2D eigenvalue weighted by Crippen LogP contribution is 2.24. The van der Waals surface area contributed by atoms with Gasteiger partial charge >= 0.3 is 17.9 Å². The molecule has 2 aliphatic rings. The van der Waals surface area contributed by atoms with Gasteiger partial charge in [0.15, 0.2) is 0 Å². The van der Waals surface area contributed by atoms with E-state index in [9.17, 15) is 117 Å². The van der Waals surface area contributed by atoms with E-state index in [2.05, 4.69) is 79.4 Å². The molecule has 0 spiro atoms. The smallest absolute Gasteiger partial charge is 0.326 e. The molecule has 0 unspecified atom stereocenters. The number of H-pyrrole nitrogens is 1. The maximum Gasteiger partial charge on any atom is 0.326 e. The molecular weight excluding hydrogens is 1650 g/mol. The number of rotatable bonds is 55. The molecule has 2 aliphatic heterocycles. The van der Waals surface area contributed by atoms with Crippen molar-refractivity contribution in [2.75, 3.05) is 32.8 Å². The molecule has 0 aliphatic carbocycles. The SMILES string of the molecule is CC(C)C[C@H](NC(=O)[C@H](CC(C)C)NC(=O)[C@H](CCCCN)NC(=O)[C@H](Cc1c[nH]c2ccccc12)NC(=O)[C@H](CC(C)C)NC(=O)[C@H](CC(=O)O)NC(=O)[C@H](CO)NC(=O)[C@H](Cc1ccccc1)NC(=O)[C@@H](NC(=O)[C@H](CCC(=O)O)NC(=O)[C@H](CCC(N)=O)NC(=O)[C@H](CO)NC(=O)[C@H](CC(C)C)NC(=O)[C@@H]1CCCN1C(=O)[C@@H]1CCCN1)[C@@H](C)O)C(=O)O. The number of primary amides is 1. The summed E-state index contributed by atoms with van der Waals surface area (Å²) in [6.45, 7) is 13.7. The molecule has 1 aromatic heterocycles. The second kappa shape index (κ2) is 52.2. The largest absolute Gasteiger partial charge is 0.481 e. The van der Waals surface area contributed by atoms with Crippen LogP contribution in [-0.2, 0) is 99.1 Å². The molecule has 126 heavy (non-hydrogen) atoms. The van der Waals surface area contributed by atoms with Crippen molar-refractivity contribution in [3.8, 4) is 0 Å². The molecule has 2 aromatic carbocycles. The number of hydrogen-bond donors (Lipinski definition) is 23. The molecule has 0 saturated carbocycles. The van der Waals surface area contributed by atoms with Crippen molar-refractivity contribution in [1.82, 2.24) is 84.3 Å². The van der Waals surface area contributed by atoms with Crippen LogP contribution < -0.4 is 85.9 Å². The van der Waals surface area contributed by atoms with Gasteiger partial charge in [-0.1, -0.05) is 104 Å². The van der Waals surface area contributed by atoms with Crippen LogP contribution in [0.4, 0.5) is 0 Å². The second-order valence-corrected chi connectivity index (χ2v) is 33.6. The van der Waals surface area contributed by atoms with Crippen molar-refractivity contribution < 1.29 is 117 Å². The summed E-state index contributed by atoms with van der Waals surface area (Å²) in [4.78, 5) is 253. The van der Waals surface area contributed by atoms with Crippen molar-refractivity contribution in [2.24, 2.45) is 35.1 Å². The third-order valence-corrected chi connectivity index (χ3v) is 21.1. The number of para-hydroxylation sites is 1. The molecule has 15 amide bonds. The monoisotopic (exact) mass is 1770 g/mol. The van der Waals surface area contributed by atoms with Crippen molar-refractivity contribution in [3.63, 3.8) is 0 Å². The van der Waals surface area contributed by atoms with Crippen LogP contribution in [0.3, 0.4) is 0 Å². The summed E-state index contributed by atoms with van der Waals surface area (Å²) in [5.41, 5.74) is 12.7. The van der Waals surface area contributed by atoms with Crippen LogP contribution >= 0.6 is 0 Å². The Balaban J connectivity index is 1.36.